The average Bonchev–Trinajstić information content (AvgIpc) is 2.06. The van der Waals surface area contributed by atoms with Crippen LogP contribution in [0.2, 0.25) is 0 Å². The molecule has 1 aromatic rings. The summed E-state index contributed by atoms with van der Waals surface area (Å²) in [5.41, 5.74) is 6.65. The highest BCUT2D eigenvalue weighted by atomic mass is 16.5. The number of ether oxygens (including phenoxy) is 1. The molecule has 1 aromatic carbocycles. The van der Waals surface area contributed by atoms with E-state index in [0.29, 0.717) is 12.2 Å². The maximum absolute atomic E-state index is 9.95. The molecule has 12 heavy (non-hydrogen) atoms. The van der Waals surface area contributed by atoms with E-state index in [1.165, 1.54) is 0 Å². The van der Waals surface area contributed by atoms with Gasteiger partial charge in [-0.3, -0.25) is 4.79 Å². The van der Waals surface area contributed by atoms with Crippen LogP contribution in [0, 0.1) is 0 Å². The number of carbonyl (C=O) groups excluding carboxylic acids is 1. The summed E-state index contributed by atoms with van der Waals surface area (Å²) in [7, 11) is 0. The molecule has 0 fully saturated rings. The molecule has 0 saturated heterocycles. The molecule has 0 aliphatic rings. The maximum Gasteiger partial charge on any atom is 0.298 e. The van der Waals surface area contributed by atoms with Crippen LogP contribution < -0.4 is 10.5 Å². The predicted molar refractivity (Wildman–Crippen MR) is 45.7 cm³/mol. The van der Waals surface area contributed by atoms with E-state index in [-0.39, 0.29) is 6.04 Å². The quantitative estimate of drug-likeness (QED) is 0.685. The molecule has 64 valence electrons. The molecule has 0 aliphatic heterocycles. The predicted octanol–water partition coefficient (Wildman–Crippen LogP) is 1.24. The molecule has 0 unspecified atom stereocenters. The monoisotopic (exact) mass is 165 g/mol. The lowest BCUT2D eigenvalue weighted by Gasteiger charge is -2.04. The van der Waals surface area contributed by atoms with E-state index >= 15 is 0 Å². The number of benzene rings is 1. The van der Waals surface area contributed by atoms with Crippen LogP contribution in [0.25, 0.3) is 0 Å². The molecule has 3 nitrogen and oxygen atoms in total. The molecule has 0 radical (unpaired) electrons. The standard InChI is InChI=1S/C9H11NO2/c1-7(10)8-2-4-9(5-3-8)12-6-11/h2-7H,10H2,1H3/t7-/m0/s1. The molecule has 1 rings (SSSR count). The van der Waals surface area contributed by atoms with E-state index in [9.17, 15) is 4.79 Å². The van der Waals surface area contributed by atoms with E-state index in [1.54, 1.807) is 12.1 Å². The first-order chi connectivity index (χ1) is 5.74. The lowest BCUT2D eigenvalue weighted by Crippen LogP contribution is -2.04. The normalized spacial score (nSPS) is 12.2. The van der Waals surface area contributed by atoms with Gasteiger partial charge < -0.3 is 10.5 Å². The van der Waals surface area contributed by atoms with Crippen molar-refractivity contribution in [3.05, 3.63) is 29.8 Å². The highest BCUT2D eigenvalue weighted by molar-refractivity contribution is 5.45. The van der Waals surface area contributed by atoms with Gasteiger partial charge in [-0.05, 0) is 24.6 Å². The number of hydrogen-bond acceptors (Lipinski definition) is 3. The largest absolute Gasteiger partial charge is 0.429 e. The van der Waals surface area contributed by atoms with Crippen LogP contribution in [0.3, 0.4) is 0 Å². The van der Waals surface area contributed by atoms with Gasteiger partial charge in [0.15, 0.2) is 0 Å². The highest BCUT2D eigenvalue weighted by Crippen LogP contribution is 2.15. The minimum Gasteiger partial charge on any atom is -0.429 e. The van der Waals surface area contributed by atoms with Gasteiger partial charge in [0.05, 0.1) is 0 Å². The third-order valence-electron chi connectivity index (χ3n) is 1.59. The summed E-state index contributed by atoms with van der Waals surface area (Å²) in [6.45, 7) is 2.30. The van der Waals surface area contributed by atoms with E-state index in [2.05, 4.69) is 4.74 Å². The van der Waals surface area contributed by atoms with Crippen molar-refractivity contribution in [3.8, 4) is 5.75 Å². The van der Waals surface area contributed by atoms with Gasteiger partial charge in [0, 0.05) is 6.04 Å². The summed E-state index contributed by atoms with van der Waals surface area (Å²) in [5.74, 6) is 0.536. The first-order valence-corrected chi connectivity index (χ1v) is 3.70. The zero-order valence-corrected chi connectivity index (χ0v) is 6.86. The molecular formula is C9H11NO2. The summed E-state index contributed by atoms with van der Waals surface area (Å²) in [5, 5.41) is 0. The fraction of sp³-hybridized carbons (Fsp3) is 0.222. The van der Waals surface area contributed by atoms with Crippen molar-refractivity contribution in [2.75, 3.05) is 0 Å². The van der Waals surface area contributed by atoms with Crippen LogP contribution in [0.4, 0.5) is 0 Å². The third kappa shape index (κ3) is 2.07. The number of hydrogen-bond donors (Lipinski definition) is 1. The van der Waals surface area contributed by atoms with Crippen molar-refractivity contribution in [2.24, 2.45) is 5.73 Å². The lowest BCUT2D eigenvalue weighted by atomic mass is 10.1. The Morgan fingerprint density at radius 2 is 2.00 bits per heavy atom. The molecule has 0 bridgehead atoms. The summed E-state index contributed by atoms with van der Waals surface area (Å²) < 4.78 is 4.62. The molecule has 3 heteroatoms. The molecule has 0 amide bonds. The second kappa shape index (κ2) is 3.88. The average molecular weight is 165 g/mol. The first-order valence-electron chi connectivity index (χ1n) is 3.70. The molecule has 2 N–H and O–H groups in total. The summed E-state index contributed by atoms with van der Waals surface area (Å²) in [6.07, 6.45) is 0. The molecule has 1 atom stereocenters. The fourth-order valence-corrected chi connectivity index (χ4v) is 0.906. The van der Waals surface area contributed by atoms with Crippen LogP contribution in [0.5, 0.6) is 5.75 Å². The van der Waals surface area contributed by atoms with Crippen molar-refractivity contribution >= 4 is 6.47 Å². The van der Waals surface area contributed by atoms with Crippen LogP contribution in [-0.2, 0) is 4.79 Å². The summed E-state index contributed by atoms with van der Waals surface area (Å²) in [6, 6.07) is 7.11. The minimum absolute atomic E-state index is 0.00952. The van der Waals surface area contributed by atoms with Crippen molar-refractivity contribution in [1.82, 2.24) is 0 Å². The van der Waals surface area contributed by atoms with Gasteiger partial charge in [0.1, 0.15) is 5.75 Å². The smallest absolute Gasteiger partial charge is 0.298 e. The Morgan fingerprint density at radius 3 is 2.42 bits per heavy atom. The lowest BCUT2D eigenvalue weighted by molar-refractivity contribution is -0.120. The van der Waals surface area contributed by atoms with Crippen molar-refractivity contribution in [1.29, 1.82) is 0 Å². The van der Waals surface area contributed by atoms with Crippen LogP contribution >= 0.6 is 0 Å². The van der Waals surface area contributed by atoms with Gasteiger partial charge in [-0.25, -0.2) is 0 Å². The molecular weight excluding hydrogens is 154 g/mol. The molecule has 0 saturated carbocycles. The third-order valence-corrected chi connectivity index (χ3v) is 1.59. The van der Waals surface area contributed by atoms with Gasteiger partial charge >= 0.3 is 0 Å². The van der Waals surface area contributed by atoms with Crippen molar-refractivity contribution in [3.63, 3.8) is 0 Å². The fourth-order valence-electron chi connectivity index (χ4n) is 0.906. The molecule has 0 spiro atoms. The number of rotatable bonds is 3. The zero-order valence-electron chi connectivity index (χ0n) is 6.86. The minimum atomic E-state index is 0.00952. The topological polar surface area (TPSA) is 52.3 Å². The highest BCUT2D eigenvalue weighted by Gasteiger charge is 1.98. The first kappa shape index (κ1) is 8.74. The molecule has 0 aliphatic carbocycles. The zero-order chi connectivity index (χ0) is 8.97. The molecule has 0 heterocycles. The Morgan fingerprint density at radius 1 is 1.42 bits per heavy atom. The van der Waals surface area contributed by atoms with Gasteiger partial charge in [-0.1, -0.05) is 12.1 Å². The Balaban J connectivity index is 2.78. The summed E-state index contributed by atoms with van der Waals surface area (Å²) in [4.78, 5) is 9.95. The Labute approximate surface area is 71.1 Å². The van der Waals surface area contributed by atoms with Crippen LogP contribution in [-0.4, -0.2) is 6.47 Å². The van der Waals surface area contributed by atoms with Gasteiger partial charge in [-0.2, -0.15) is 0 Å². The van der Waals surface area contributed by atoms with E-state index < -0.39 is 0 Å². The maximum atomic E-state index is 9.95. The van der Waals surface area contributed by atoms with Gasteiger partial charge in [-0.15, -0.1) is 0 Å². The number of carbonyl (C=O) groups is 1. The second-order valence-corrected chi connectivity index (χ2v) is 2.57. The van der Waals surface area contributed by atoms with Crippen LogP contribution in [0.15, 0.2) is 24.3 Å². The SMILES string of the molecule is C[C@H](N)c1ccc(OC=O)cc1. The van der Waals surface area contributed by atoms with Gasteiger partial charge in [0.25, 0.3) is 6.47 Å². The van der Waals surface area contributed by atoms with E-state index in [1.807, 2.05) is 19.1 Å². The second-order valence-electron chi connectivity index (χ2n) is 2.57. The van der Waals surface area contributed by atoms with Gasteiger partial charge in [0.2, 0.25) is 0 Å². The Kier molecular flexibility index (Phi) is 2.82. The van der Waals surface area contributed by atoms with Crippen molar-refractivity contribution < 1.29 is 9.53 Å². The Hall–Kier alpha value is -1.35. The van der Waals surface area contributed by atoms with E-state index in [0.717, 1.165) is 5.56 Å². The molecule has 0 aromatic heterocycles. The number of nitrogens with two attached hydrogens (primary N) is 1. The van der Waals surface area contributed by atoms with Crippen LogP contribution in [0.1, 0.15) is 18.5 Å². The summed E-state index contributed by atoms with van der Waals surface area (Å²) >= 11 is 0. The van der Waals surface area contributed by atoms with E-state index in [4.69, 9.17) is 5.73 Å². The Bertz CT molecular complexity index is 254. The van der Waals surface area contributed by atoms with Crippen molar-refractivity contribution in [2.45, 2.75) is 13.0 Å².